The van der Waals surface area contributed by atoms with Crippen LogP contribution in [0.1, 0.15) is 36.8 Å². The predicted molar refractivity (Wildman–Crippen MR) is 107 cm³/mol. The van der Waals surface area contributed by atoms with E-state index in [1.807, 2.05) is 31.0 Å². The van der Waals surface area contributed by atoms with Gasteiger partial charge < -0.3 is 19.6 Å². The SMILES string of the molecule is CCN(CCN(C)c1cccc(C(C)(C)O)n1)C(=O)c1ccccc1OC(F)F. The Hall–Kier alpha value is -2.74. The quantitative estimate of drug-likeness (QED) is 0.689. The maximum absolute atomic E-state index is 12.8. The number of pyridine rings is 1. The van der Waals surface area contributed by atoms with Gasteiger partial charge in [0.1, 0.15) is 17.2 Å². The molecule has 0 saturated carbocycles. The number of aromatic nitrogens is 1. The van der Waals surface area contributed by atoms with Gasteiger partial charge in [-0.15, -0.1) is 0 Å². The minimum atomic E-state index is -3.00. The van der Waals surface area contributed by atoms with E-state index in [1.54, 1.807) is 36.9 Å². The largest absolute Gasteiger partial charge is 0.434 e. The van der Waals surface area contributed by atoms with E-state index in [1.165, 1.54) is 12.1 Å². The molecule has 0 saturated heterocycles. The normalized spacial score (nSPS) is 11.4. The number of aliphatic hydroxyl groups is 1. The van der Waals surface area contributed by atoms with Gasteiger partial charge in [0.15, 0.2) is 0 Å². The summed E-state index contributed by atoms with van der Waals surface area (Å²) in [6, 6.07) is 11.4. The molecule has 8 heteroatoms. The van der Waals surface area contributed by atoms with Crippen molar-refractivity contribution in [2.75, 3.05) is 31.6 Å². The molecular weight excluding hydrogens is 380 g/mol. The predicted octanol–water partition coefficient (Wildman–Crippen LogP) is 3.51. The summed E-state index contributed by atoms with van der Waals surface area (Å²) < 4.78 is 29.7. The molecule has 1 aromatic carbocycles. The summed E-state index contributed by atoms with van der Waals surface area (Å²) in [6.07, 6.45) is 0. The van der Waals surface area contributed by atoms with Gasteiger partial charge in [-0.3, -0.25) is 4.79 Å². The van der Waals surface area contributed by atoms with Crippen LogP contribution in [0.5, 0.6) is 5.75 Å². The molecule has 2 aromatic rings. The van der Waals surface area contributed by atoms with Gasteiger partial charge in [-0.2, -0.15) is 8.78 Å². The van der Waals surface area contributed by atoms with E-state index in [-0.39, 0.29) is 17.2 Å². The van der Waals surface area contributed by atoms with Crippen LogP contribution in [0.3, 0.4) is 0 Å². The molecule has 1 aromatic heterocycles. The average molecular weight is 407 g/mol. The summed E-state index contributed by atoms with van der Waals surface area (Å²) in [5.74, 6) is 0.142. The van der Waals surface area contributed by atoms with Gasteiger partial charge in [0.2, 0.25) is 0 Å². The molecule has 0 aliphatic carbocycles. The van der Waals surface area contributed by atoms with Crippen molar-refractivity contribution in [3.63, 3.8) is 0 Å². The number of benzene rings is 1. The zero-order chi connectivity index (χ0) is 21.6. The first-order valence-electron chi connectivity index (χ1n) is 9.37. The molecule has 0 aliphatic heterocycles. The van der Waals surface area contributed by atoms with E-state index in [0.717, 1.165) is 0 Å². The van der Waals surface area contributed by atoms with Crippen LogP contribution in [0.2, 0.25) is 0 Å². The van der Waals surface area contributed by atoms with Crippen molar-refractivity contribution >= 4 is 11.7 Å². The highest BCUT2D eigenvalue weighted by molar-refractivity contribution is 5.97. The third-order valence-electron chi connectivity index (χ3n) is 4.46. The number of anilines is 1. The molecule has 0 aliphatic rings. The standard InChI is InChI=1S/C21H27F2N3O3/c1-5-26(19(27)15-9-6-7-10-16(15)29-20(22)23)14-13-25(4)18-12-8-11-17(24-18)21(2,3)28/h6-12,20,28H,5,13-14H2,1-4H3. The smallest absolute Gasteiger partial charge is 0.387 e. The first-order chi connectivity index (χ1) is 13.6. The Morgan fingerprint density at radius 3 is 2.48 bits per heavy atom. The Labute approximate surface area is 169 Å². The van der Waals surface area contributed by atoms with E-state index < -0.39 is 12.2 Å². The monoisotopic (exact) mass is 407 g/mol. The third-order valence-corrected chi connectivity index (χ3v) is 4.46. The number of carbonyl (C=O) groups is 1. The Kier molecular flexibility index (Phi) is 7.50. The molecule has 0 bridgehead atoms. The number of halogens is 2. The summed E-state index contributed by atoms with van der Waals surface area (Å²) in [7, 11) is 1.84. The second kappa shape index (κ2) is 9.65. The van der Waals surface area contributed by atoms with E-state index in [2.05, 4.69) is 9.72 Å². The molecule has 1 heterocycles. The molecule has 0 atom stereocenters. The topological polar surface area (TPSA) is 65.9 Å². The maximum atomic E-state index is 12.8. The van der Waals surface area contributed by atoms with Gasteiger partial charge >= 0.3 is 6.61 Å². The second-order valence-electron chi connectivity index (χ2n) is 7.12. The summed E-state index contributed by atoms with van der Waals surface area (Å²) in [4.78, 5) is 20.7. The van der Waals surface area contributed by atoms with E-state index in [0.29, 0.717) is 31.1 Å². The summed E-state index contributed by atoms with van der Waals surface area (Å²) >= 11 is 0. The van der Waals surface area contributed by atoms with Crippen molar-refractivity contribution in [3.8, 4) is 5.75 Å². The van der Waals surface area contributed by atoms with Crippen molar-refractivity contribution < 1.29 is 23.4 Å². The molecular formula is C21H27F2N3O3. The molecule has 1 amide bonds. The van der Waals surface area contributed by atoms with Gasteiger partial charge in [-0.05, 0) is 45.0 Å². The Morgan fingerprint density at radius 2 is 1.86 bits per heavy atom. The molecule has 0 unspecified atom stereocenters. The minimum absolute atomic E-state index is 0.0967. The molecule has 0 radical (unpaired) electrons. The lowest BCUT2D eigenvalue weighted by atomic mass is 10.1. The fourth-order valence-electron chi connectivity index (χ4n) is 2.78. The highest BCUT2D eigenvalue weighted by atomic mass is 19.3. The average Bonchev–Trinajstić information content (AvgIpc) is 2.67. The highest BCUT2D eigenvalue weighted by Gasteiger charge is 2.21. The molecule has 6 nitrogen and oxygen atoms in total. The Morgan fingerprint density at radius 1 is 1.17 bits per heavy atom. The third kappa shape index (κ3) is 6.12. The number of amides is 1. The second-order valence-corrected chi connectivity index (χ2v) is 7.12. The number of rotatable bonds is 9. The van der Waals surface area contributed by atoms with Crippen molar-refractivity contribution in [3.05, 3.63) is 53.7 Å². The Bertz CT molecular complexity index is 825. The molecule has 0 spiro atoms. The zero-order valence-electron chi connectivity index (χ0n) is 17.1. The van der Waals surface area contributed by atoms with Crippen LogP contribution in [0, 0.1) is 0 Å². The van der Waals surface area contributed by atoms with Gasteiger partial charge in [0, 0.05) is 26.7 Å². The van der Waals surface area contributed by atoms with Gasteiger partial charge in [-0.25, -0.2) is 4.98 Å². The fourth-order valence-corrected chi connectivity index (χ4v) is 2.78. The van der Waals surface area contributed by atoms with Crippen LogP contribution in [-0.2, 0) is 5.60 Å². The van der Waals surface area contributed by atoms with E-state index in [9.17, 15) is 18.7 Å². The van der Waals surface area contributed by atoms with E-state index in [4.69, 9.17) is 0 Å². The van der Waals surface area contributed by atoms with Crippen LogP contribution in [0.4, 0.5) is 14.6 Å². The number of carbonyl (C=O) groups excluding carboxylic acids is 1. The van der Waals surface area contributed by atoms with Crippen molar-refractivity contribution in [2.24, 2.45) is 0 Å². The molecule has 0 fully saturated rings. The van der Waals surface area contributed by atoms with Crippen LogP contribution < -0.4 is 9.64 Å². The minimum Gasteiger partial charge on any atom is -0.434 e. The molecule has 158 valence electrons. The summed E-state index contributed by atoms with van der Waals surface area (Å²) in [5, 5.41) is 10.1. The lowest BCUT2D eigenvalue weighted by Gasteiger charge is -2.27. The zero-order valence-corrected chi connectivity index (χ0v) is 17.1. The first-order valence-corrected chi connectivity index (χ1v) is 9.37. The number of nitrogens with zero attached hydrogens (tertiary/aromatic N) is 3. The number of hydrogen-bond acceptors (Lipinski definition) is 5. The summed E-state index contributed by atoms with van der Waals surface area (Å²) in [6.45, 7) is 3.39. The lowest BCUT2D eigenvalue weighted by molar-refractivity contribution is -0.0502. The highest BCUT2D eigenvalue weighted by Crippen LogP contribution is 2.23. The fraction of sp³-hybridized carbons (Fsp3) is 0.429. The van der Waals surface area contributed by atoms with Crippen molar-refractivity contribution in [2.45, 2.75) is 33.0 Å². The van der Waals surface area contributed by atoms with Gasteiger partial charge in [0.05, 0.1) is 11.3 Å². The maximum Gasteiger partial charge on any atom is 0.387 e. The van der Waals surface area contributed by atoms with Crippen LogP contribution >= 0.6 is 0 Å². The first kappa shape index (κ1) is 22.5. The number of likely N-dealkylation sites (N-methyl/N-ethyl adjacent to an activating group) is 2. The molecule has 29 heavy (non-hydrogen) atoms. The van der Waals surface area contributed by atoms with E-state index >= 15 is 0 Å². The summed E-state index contributed by atoms with van der Waals surface area (Å²) in [5.41, 5.74) is -0.417. The molecule has 2 rings (SSSR count). The van der Waals surface area contributed by atoms with Crippen LogP contribution in [0.25, 0.3) is 0 Å². The van der Waals surface area contributed by atoms with Crippen molar-refractivity contribution in [1.29, 1.82) is 0 Å². The number of para-hydroxylation sites is 1. The van der Waals surface area contributed by atoms with Crippen molar-refractivity contribution in [1.82, 2.24) is 9.88 Å². The lowest BCUT2D eigenvalue weighted by Crippen LogP contribution is -2.38. The van der Waals surface area contributed by atoms with Crippen LogP contribution in [0.15, 0.2) is 42.5 Å². The molecule has 1 N–H and O–H groups in total. The number of hydrogen-bond donors (Lipinski definition) is 1. The number of alkyl halides is 2. The van der Waals surface area contributed by atoms with Gasteiger partial charge in [-0.1, -0.05) is 18.2 Å². The number of ether oxygens (including phenoxy) is 1. The van der Waals surface area contributed by atoms with Crippen LogP contribution in [-0.4, -0.2) is 54.2 Å². The van der Waals surface area contributed by atoms with Gasteiger partial charge in [0.25, 0.3) is 5.91 Å². The Balaban J connectivity index is 2.10.